The normalized spacial score (nSPS) is 10.3. The first kappa shape index (κ1) is 20.1. The van der Waals surface area contributed by atoms with Crippen molar-refractivity contribution in [3.63, 3.8) is 0 Å². The van der Waals surface area contributed by atoms with Gasteiger partial charge in [-0.3, -0.25) is 9.59 Å². The van der Waals surface area contributed by atoms with E-state index < -0.39 is 0 Å². The van der Waals surface area contributed by atoms with Crippen LogP contribution in [-0.4, -0.2) is 25.9 Å². The Balaban J connectivity index is 1.68. The number of carbonyl (C=O) groups excluding carboxylic acids is 2. The van der Waals surface area contributed by atoms with Crippen molar-refractivity contribution in [3.8, 4) is 22.6 Å². The van der Waals surface area contributed by atoms with Crippen molar-refractivity contribution in [3.05, 3.63) is 78.4 Å². The van der Waals surface area contributed by atoms with E-state index in [1.807, 2.05) is 54.6 Å². The van der Waals surface area contributed by atoms with Gasteiger partial charge in [0.2, 0.25) is 5.91 Å². The minimum atomic E-state index is -0.208. The SMILES string of the molecule is COc1ccc(-c2cc(NC(=O)CCC(=O)c3ccccc3)ccc2OC)cc1. The Morgan fingerprint density at radius 3 is 2.21 bits per heavy atom. The molecule has 5 nitrogen and oxygen atoms in total. The van der Waals surface area contributed by atoms with Gasteiger partial charge in [0.25, 0.3) is 0 Å². The van der Waals surface area contributed by atoms with Crippen LogP contribution in [0.25, 0.3) is 11.1 Å². The van der Waals surface area contributed by atoms with Crippen LogP contribution in [0.1, 0.15) is 23.2 Å². The largest absolute Gasteiger partial charge is 0.497 e. The number of carbonyl (C=O) groups is 2. The van der Waals surface area contributed by atoms with Crippen LogP contribution < -0.4 is 14.8 Å². The summed E-state index contributed by atoms with van der Waals surface area (Å²) in [7, 11) is 3.23. The van der Waals surface area contributed by atoms with Gasteiger partial charge in [0.15, 0.2) is 5.78 Å². The maximum Gasteiger partial charge on any atom is 0.224 e. The van der Waals surface area contributed by atoms with Crippen LogP contribution in [0.2, 0.25) is 0 Å². The molecule has 0 bridgehead atoms. The molecule has 3 rings (SSSR count). The Morgan fingerprint density at radius 2 is 1.55 bits per heavy atom. The molecule has 29 heavy (non-hydrogen) atoms. The maximum atomic E-state index is 12.3. The molecule has 0 unspecified atom stereocenters. The number of ether oxygens (including phenoxy) is 2. The molecule has 0 saturated carbocycles. The van der Waals surface area contributed by atoms with E-state index in [0.717, 1.165) is 16.9 Å². The molecule has 0 fully saturated rings. The number of ketones is 1. The zero-order chi connectivity index (χ0) is 20.6. The molecule has 5 heteroatoms. The van der Waals surface area contributed by atoms with E-state index in [4.69, 9.17) is 9.47 Å². The summed E-state index contributed by atoms with van der Waals surface area (Å²) in [6, 6.07) is 22.0. The van der Waals surface area contributed by atoms with E-state index in [1.54, 1.807) is 32.4 Å². The molecule has 0 aliphatic carbocycles. The number of methoxy groups -OCH3 is 2. The van der Waals surface area contributed by atoms with Gasteiger partial charge in [0.05, 0.1) is 14.2 Å². The van der Waals surface area contributed by atoms with Gasteiger partial charge in [-0.25, -0.2) is 0 Å². The highest BCUT2D eigenvalue weighted by atomic mass is 16.5. The lowest BCUT2D eigenvalue weighted by molar-refractivity contribution is -0.116. The summed E-state index contributed by atoms with van der Waals surface area (Å²) in [5.41, 5.74) is 3.06. The third-order valence-corrected chi connectivity index (χ3v) is 4.56. The monoisotopic (exact) mass is 389 g/mol. The second-order valence-corrected chi connectivity index (χ2v) is 6.48. The first-order valence-corrected chi connectivity index (χ1v) is 9.31. The molecule has 0 aliphatic rings. The Bertz CT molecular complexity index is 982. The van der Waals surface area contributed by atoms with Crippen molar-refractivity contribution < 1.29 is 19.1 Å². The predicted octanol–water partition coefficient (Wildman–Crippen LogP) is 4.97. The van der Waals surface area contributed by atoms with Crippen LogP contribution in [-0.2, 0) is 4.79 Å². The summed E-state index contributed by atoms with van der Waals surface area (Å²) in [6.07, 6.45) is 0.287. The summed E-state index contributed by atoms with van der Waals surface area (Å²) in [4.78, 5) is 24.5. The van der Waals surface area contributed by atoms with E-state index in [1.165, 1.54) is 0 Å². The predicted molar refractivity (Wildman–Crippen MR) is 114 cm³/mol. The molecule has 1 amide bonds. The first-order valence-electron chi connectivity index (χ1n) is 9.31. The number of benzene rings is 3. The average molecular weight is 389 g/mol. The van der Waals surface area contributed by atoms with Gasteiger partial charge in [-0.15, -0.1) is 0 Å². The number of Topliss-reactive ketones (excluding diaryl/α,β-unsaturated/α-hetero) is 1. The fourth-order valence-electron chi connectivity index (χ4n) is 3.00. The van der Waals surface area contributed by atoms with Gasteiger partial charge in [0.1, 0.15) is 11.5 Å². The number of rotatable bonds is 8. The third-order valence-electron chi connectivity index (χ3n) is 4.56. The molecule has 148 valence electrons. The van der Waals surface area contributed by atoms with Crippen LogP contribution in [0.3, 0.4) is 0 Å². The van der Waals surface area contributed by atoms with Gasteiger partial charge in [-0.05, 0) is 35.9 Å². The molecule has 3 aromatic rings. The second kappa shape index (κ2) is 9.55. The Morgan fingerprint density at radius 1 is 0.828 bits per heavy atom. The van der Waals surface area contributed by atoms with Crippen molar-refractivity contribution in [1.29, 1.82) is 0 Å². The number of hydrogen-bond acceptors (Lipinski definition) is 4. The van der Waals surface area contributed by atoms with Crippen LogP contribution in [0.15, 0.2) is 72.8 Å². The summed E-state index contributed by atoms with van der Waals surface area (Å²) in [6.45, 7) is 0. The van der Waals surface area contributed by atoms with E-state index in [2.05, 4.69) is 5.32 Å². The van der Waals surface area contributed by atoms with Crippen LogP contribution in [0, 0.1) is 0 Å². The summed E-state index contributed by atoms with van der Waals surface area (Å²) in [5, 5.41) is 2.86. The Kier molecular flexibility index (Phi) is 6.63. The van der Waals surface area contributed by atoms with Crippen molar-refractivity contribution in [2.45, 2.75) is 12.8 Å². The van der Waals surface area contributed by atoms with Crippen LogP contribution in [0.4, 0.5) is 5.69 Å². The molecule has 0 aliphatic heterocycles. The zero-order valence-corrected chi connectivity index (χ0v) is 16.5. The highest BCUT2D eigenvalue weighted by Gasteiger charge is 2.12. The number of amides is 1. The minimum Gasteiger partial charge on any atom is -0.497 e. The second-order valence-electron chi connectivity index (χ2n) is 6.48. The lowest BCUT2D eigenvalue weighted by Crippen LogP contribution is -2.13. The minimum absolute atomic E-state index is 0.0468. The van der Waals surface area contributed by atoms with E-state index >= 15 is 0 Å². The number of hydrogen-bond donors (Lipinski definition) is 1. The topological polar surface area (TPSA) is 64.6 Å². The molecule has 0 spiro atoms. The van der Waals surface area contributed by atoms with Gasteiger partial charge in [-0.2, -0.15) is 0 Å². The Labute approximate surface area is 170 Å². The molecule has 1 N–H and O–H groups in total. The smallest absolute Gasteiger partial charge is 0.224 e. The van der Waals surface area contributed by atoms with Gasteiger partial charge >= 0.3 is 0 Å². The fraction of sp³-hybridized carbons (Fsp3) is 0.167. The molecule has 0 aromatic heterocycles. The molecule has 0 radical (unpaired) electrons. The molecule has 0 heterocycles. The fourth-order valence-corrected chi connectivity index (χ4v) is 3.00. The van der Waals surface area contributed by atoms with Crippen molar-refractivity contribution in [2.75, 3.05) is 19.5 Å². The van der Waals surface area contributed by atoms with Gasteiger partial charge < -0.3 is 14.8 Å². The van der Waals surface area contributed by atoms with Crippen LogP contribution >= 0.6 is 0 Å². The average Bonchev–Trinajstić information content (AvgIpc) is 2.78. The summed E-state index contributed by atoms with van der Waals surface area (Å²) >= 11 is 0. The van der Waals surface area contributed by atoms with E-state index in [-0.39, 0.29) is 24.5 Å². The number of anilines is 1. The van der Waals surface area contributed by atoms with Gasteiger partial charge in [0, 0.05) is 29.7 Å². The molecular formula is C24H23NO4. The number of nitrogens with one attached hydrogen (secondary N) is 1. The van der Waals surface area contributed by atoms with Crippen molar-refractivity contribution >= 4 is 17.4 Å². The van der Waals surface area contributed by atoms with E-state index in [0.29, 0.717) is 17.0 Å². The molecule has 0 saturated heterocycles. The van der Waals surface area contributed by atoms with Gasteiger partial charge in [-0.1, -0.05) is 42.5 Å². The molecule has 3 aromatic carbocycles. The van der Waals surface area contributed by atoms with Crippen LogP contribution in [0.5, 0.6) is 11.5 Å². The maximum absolute atomic E-state index is 12.3. The summed E-state index contributed by atoms with van der Waals surface area (Å²) < 4.78 is 10.7. The third kappa shape index (κ3) is 5.23. The molecule has 0 atom stereocenters. The van der Waals surface area contributed by atoms with Crippen molar-refractivity contribution in [1.82, 2.24) is 0 Å². The first-order chi connectivity index (χ1) is 14.1. The lowest BCUT2D eigenvalue weighted by Gasteiger charge is -2.12. The zero-order valence-electron chi connectivity index (χ0n) is 16.5. The highest BCUT2D eigenvalue weighted by Crippen LogP contribution is 2.33. The summed E-state index contributed by atoms with van der Waals surface area (Å²) in [5.74, 6) is 1.21. The quantitative estimate of drug-likeness (QED) is 0.552. The standard InChI is InChI=1S/C24H23NO4/c1-28-20-11-8-17(9-12-20)21-16-19(10-14-23(21)29-2)25-24(27)15-13-22(26)18-6-4-3-5-7-18/h3-12,14,16H,13,15H2,1-2H3,(H,25,27). The lowest BCUT2D eigenvalue weighted by atomic mass is 10.0. The molecular weight excluding hydrogens is 366 g/mol. The highest BCUT2D eigenvalue weighted by molar-refractivity contribution is 6.00. The van der Waals surface area contributed by atoms with E-state index in [9.17, 15) is 9.59 Å². The van der Waals surface area contributed by atoms with Crippen molar-refractivity contribution in [2.24, 2.45) is 0 Å². The Hall–Kier alpha value is -3.60.